The standard InChI is InChI=1S/C17H22N2O3/c1-12(17(21)19-9-5-2-6-10-19)18-16(20)14-11-22-15-8-4-3-7-13(14)15/h3-4,7-8,12,14H,2,5-6,9-11H2,1H3,(H,18,20)/t12-,14+/m1/s1. The SMILES string of the molecule is C[C@@H](NC(=O)[C@H]1COc2ccccc21)C(=O)N1CCCCC1. The molecule has 2 heterocycles. The first-order valence-corrected chi connectivity index (χ1v) is 7.97. The molecule has 1 N–H and O–H groups in total. The normalized spacial score (nSPS) is 21.7. The lowest BCUT2D eigenvalue weighted by molar-refractivity contribution is -0.137. The van der Waals surface area contributed by atoms with Gasteiger partial charge in [-0.2, -0.15) is 0 Å². The first kappa shape index (κ1) is 14.9. The topological polar surface area (TPSA) is 58.6 Å². The van der Waals surface area contributed by atoms with Gasteiger partial charge >= 0.3 is 0 Å². The summed E-state index contributed by atoms with van der Waals surface area (Å²) >= 11 is 0. The average molecular weight is 302 g/mol. The fourth-order valence-electron chi connectivity index (χ4n) is 3.14. The van der Waals surface area contributed by atoms with Gasteiger partial charge in [0.1, 0.15) is 24.3 Å². The number of ether oxygens (including phenoxy) is 1. The van der Waals surface area contributed by atoms with Crippen molar-refractivity contribution in [1.82, 2.24) is 10.2 Å². The van der Waals surface area contributed by atoms with Gasteiger partial charge in [0.15, 0.2) is 0 Å². The molecule has 0 radical (unpaired) electrons. The molecular weight excluding hydrogens is 280 g/mol. The van der Waals surface area contributed by atoms with Crippen molar-refractivity contribution in [3.8, 4) is 5.75 Å². The quantitative estimate of drug-likeness (QED) is 0.924. The number of rotatable bonds is 3. The predicted octanol–water partition coefficient (Wildman–Crippen LogP) is 1.68. The van der Waals surface area contributed by atoms with Crippen LogP contribution < -0.4 is 10.1 Å². The molecule has 0 bridgehead atoms. The van der Waals surface area contributed by atoms with Gasteiger partial charge in [0.05, 0.1) is 0 Å². The third-order valence-electron chi connectivity index (χ3n) is 4.41. The second kappa shape index (κ2) is 6.38. The molecule has 118 valence electrons. The van der Waals surface area contributed by atoms with E-state index in [1.165, 1.54) is 6.42 Å². The Morgan fingerprint density at radius 3 is 2.73 bits per heavy atom. The lowest BCUT2D eigenvalue weighted by atomic mass is 10.00. The average Bonchev–Trinajstić information content (AvgIpc) is 2.99. The van der Waals surface area contributed by atoms with Gasteiger partial charge in [0, 0.05) is 18.7 Å². The highest BCUT2D eigenvalue weighted by Crippen LogP contribution is 2.33. The van der Waals surface area contributed by atoms with Gasteiger partial charge in [-0.3, -0.25) is 9.59 Å². The molecule has 3 rings (SSSR count). The zero-order valence-corrected chi connectivity index (χ0v) is 12.9. The van der Waals surface area contributed by atoms with Crippen LogP contribution in [0.25, 0.3) is 0 Å². The molecular formula is C17H22N2O3. The summed E-state index contributed by atoms with van der Waals surface area (Å²) in [4.78, 5) is 26.7. The fraction of sp³-hybridized carbons (Fsp3) is 0.529. The summed E-state index contributed by atoms with van der Waals surface area (Å²) < 4.78 is 5.53. The van der Waals surface area contributed by atoms with E-state index in [4.69, 9.17) is 4.74 Å². The van der Waals surface area contributed by atoms with Gasteiger partial charge in [0.2, 0.25) is 11.8 Å². The Kier molecular flexibility index (Phi) is 4.32. The Balaban J connectivity index is 1.61. The summed E-state index contributed by atoms with van der Waals surface area (Å²) in [6, 6.07) is 7.07. The number of amides is 2. The molecule has 2 aliphatic rings. The number of benzene rings is 1. The van der Waals surface area contributed by atoms with Crippen LogP contribution in [-0.4, -0.2) is 42.5 Å². The lowest BCUT2D eigenvalue weighted by Gasteiger charge is -2.29. The smallest absolute Gasteiger partial charge is 0.244 e. The molecule has 0 aliphatic carbocycles. The van der Waals surface area contributed by atoms with Gasteiger partial charge in [-0.15, -0.1) is 0 Å². The number of hydrogen-bond donors (Lipinski definition) is 1. The van der Waals surface area contributed by atoms with E-state index in [2.05, 4.69) is 5.32 Å². The number of carbonyl (C=O) groups excluding carboxylic acids is 2. The number of nitrogens with zero attached hydrogens (tertiary/aromatic N) is 1. The molecule has 2 atom stereocenters. The van der Waals surface area contributed by atoms with E-state index < -0.39 is 6.04 Å². The van der Waals surface area contributed by atoms with Crippen LogP contribution in [0.1, 0.15) is 37.7 Å². The van der Waals surface area contributed by atoms with Crippen LogP contribution in [0.5, 0.6) is 5.75 Å². The van der Waals surface area contributed by atoms with Crippen LogP contribution in [0.2, 0.25) is 0 Å². The molecule has 5 nitrogen and oxygen atoms in total. The minimum Gasteiger partial charge on any atom is -0.492 e. The van der Waals surface area contributed by atoms with E-state index in [0.717, 1.165) is 37.2 Å². The largest absolute Gasteiger partial charge is 0.492 e. The van der Waals surface area contributed by atoms with Crippen LogP contribution >= 0.6 is 0 Å². The molecule has 5 heteroatoms. The monoisotopic (exact) mass is 302 g/mol. The van der Waals surface area contributed by atoms with Gasteiger partial charge < -0.3 is 15.0 Å². The molecule has 1 fully saturated rings. The highest BCUT2D eigenvalue weighted by atomic mass is 16.5. The molecule has 1 aromatic rings. The number of carbonyl (C=O) groups is 2. The first-order valence-electron chi connectivity index (χ1n) is 7.97. The molecule has 0 saturated carbocycles. The second-order valence-electron chi connectivity index (χ2n) is 6.02. The van der Waals surface area contributed by atoms with E-state index in [1.54, 1.807) is 6.92 Å². The van der Waals surface area contributed by atoms with E-state index in [1.807, 2.05) is 29.2 Å². The molecule has 0 aromatic heterocycles. The predicted molar refractivity (Wildman–Crippen MR) is 82.7 cm³/mol. The summed E-state index contributed by atoms with van der Waals surface area (Å²) in [6.45, 7) is 3.70. The van der Waals surface area contributed by atoms with Crippen LogP contribution in [0.4, 0.5) is 0 Å². The number of fused-ring (bicyclic) bond motifs is 1. The molecule has 22 heavy (non-hydrogen) atoms. The van der Waals surface area contributed by atoms with Crippen molar-refractivity contribution in [3.63, 3.8) is 0 Å². The summed E-state index contributed by atoms with van der Waals surface area (Å²) in [6.07, 6.45) is 3.28. The number of likely N-dealkylation sites (tertiary alicyclic amines) is 1. The molecule has 2 amide bonds. The Labute approximate surface area is 130 Å². The highest BCUT2D eigenvalue weighted by molar-refractivity contribution is 5.91. The minimum atomic E-state index is -0.488. The maximum absolute atomic E-state index is 12.4. The Morgan fingerprint density at radius 1 is 1.23 bits per heavy atom. The summed E-state index contributed by atoms with van der Waals surface area (Å²) in [5, 5.41) is 2.85. The summed E-state index contributed by atoms with van der Waals surface area (Å²) in [5.41, 5.74) is 0.901. The summed E-state index contributed by atoms with van der Waals surface area (Å²) in [5.74, 6) is 0.313. The zero-order valence-electron chi connectivity index (χ0n) is 12.9. The van der Waals surface area contributed by atoms with Crippen LogP contribution in [-0.2, 0) is 9.59 Å². The molecule has 0 spiro atoms. The number of nitrogens with one attached hydrogen (secondary N) is 1. The van der Waals surface area contributed by atoms with Crippen molar-refractivity contribution in [3.05, 3.63) is 29.8 Å². The van der Waals surface area contributed by atoms with Gasteiger partial charge in [-0.1, -0.05) is 18.2 Å². The van der Waals surface area contributed by atoms with E-state index in [-0.39, 0.29) is 17.7 Å². The van der Waals surface area contributed by atoms with Crippen molar-refractivity contribution in [2.45, 2.75) is 38.1 Å². The Morgan fingerprint density at radius 2 is 1.95 bits per heavy atom. The van der Waals surface area contributed by atoms with Crippen LogP contribution in [0, 0.1) is 0 Å². The van der Waals surface area contributed by atoms with Crippen molar-refractivity contribution < 1.29 is 14.3 Å². The Bertz CT molecular complexity index is 567. The van der Waals surface area contributed by atoms with E-state index >= 15 is 0 Å². The third-order valence-corrected chi connectivity index (χ3v) is 4.41. The van der Waals surface area contributed by atoms with Crippen molar-refractivity contribution in [2.24, 2.45) is 0 Å². The zero-order chi connectivity index (χ0) is 15.5. The molecule has 1 aromatic carbocycles. The summed E-state index contributed by atoms with van der Waals surface area (Å²) in [7, 11) is 0. The van der Waals surface area contributed by atoms with Gasteiger partial charge in [-0.25, -0.2) is 0 Å². The maximum atomic E-state index is 12.4. The molecule has 1 saturated heterocycles. The first-order chi connectivity index (χ1) is 10.7. The second-order valence-corrected chi connectivity index (χ2v) is 6.02. The van der Waals surface area contributed by atoms with Crippen molar-refractivity contribution in [1.29, 1.82) is 0 Å². The van der Waals surface area contributed by atoms with Crippen molar-refractivity contribution >= 4 is 11.8 Å². The number of hydrogen-bond acceptors (Lipinski definition) is 3. The van der Waals surface area contributed by atoms with E-state index in [0.29, 0.717) is 6.61 Å². The number of piperidine rings is 1. The van der Waals surface area contributed by atoms with Crippen molar-refractivity contribution in [2.75, 3.05) is 19.7 Å². The third kappa shape index (κ3) is 2.93. The minimum absolute atomic E-state index is 0.0141. The van der Waals surface area contributed by atoms with Crippen LogP contribution in [0.15, 0.2) is 24.3 Å². The van der Waals surface area contributed by atoms with E-state index in [9.17, 15) is 9.59 Å². The molecule has 0 unspecified atom stereocenters. The maximum Gasteiger partial charge on any atom is 0.244 e. The highest BCUT2D eigenvalue weighted by Gasteiger charge is 2.32. The fourth-order valence-corrected chi connectivity index (χ4v) is 3.14. The lowest BCUT2D eigenvalue weighted by Crippen LogP contribution is -2.49. The van der Waals surface area contributed by atoms with Gasteiger partial charge in [-0.05, 0) is 32.3 Å². The van der Waals surface area contributed by atoms with Crippen LogP contribution in [0.3, 0.4) is 0 Å². The van der Waals surface area contributed by atoms with Gasteiger partial charge in [0.25, 0.3) is 0 Å². The molecule has 2 aliphatic heterocycles. The Hall–Kier alpha value is -2.04. The number of para-hydroxylation sites is 1.